The molecule has 2 aliphatic rings. The van der Waals surface area contributed by atoms with Crippen LogP contribution in [0, 0.1) is 10.1 Å². The van der Waals surface area contributed by atoms with E-state index in [4.69, 9.17) is 4.74 Å². The van der Waals surface area contributed by atoms with Gasteiger partial charge < -0.3 is 4.74 Å². The highest BCUT2D eigenvalue weighted by Crippen LogP contribution is 2.57. The lowest BCUT2D eigenvalue weighted by Gasteiger charge is -2.43. The molecule has 2 heterocycles. The molecule has 1 unspecified atom stereocenters. The first-order valence-corrected chi connectivity index (χ1v) is 10.7. The maximum Gasteiger partial charge on any atom is 0.270 e. The van der Waals surface area contributed by atoms with Crippen molar-refractivity contribution >= 4 is 35.2 Å². The van der Waals surface area contributed by atoms with Crippen LogP contribution in [0.3, 0.4) is 0 Å². The third-order valence-electron chi connectivity index (χ3n) is 5.50. The van der Waals surface area contributed by atoms with Crippen LogP contribution in [-0.4, -0.2) is 9.86 Å². The Bertz CT molecular complexity index is 1220. The maximum absolute atomic E-state index is 11.3. The van der Waals surface area contributed by atoms with Crippen LogP contribution in [0.15, 0.2) is 83.3 Å². The van der Waals surface area contributed by atoms with Gasteiger partial charge in [-0.25, -0.2) is 0 Å². The van der Waals surface area contributed by atoms with E-state index in [0.717, 1.165) is 28.0 Å². The van der Waals surface area contributed by atoms with E-state index in [2.05, 4.69) is 37.3 Å². The number of hydrogen-bond acceptors (Lipinski definition) is 4. The Morgan fingerprint density at radius 3 is 2.50 bits per heavy atom. The van der Waals surface area contributed by atoms with Crippen molar-refractivity contribution in [1.82, 2.24) is 0 Å². The molecule has 0 saturated heterocycles. The summed E-state index contributed by atoms with van der Waals surface area (Å²) in [5, 5.41) is 11.3. The minimum atomic E-state index is -0.715. The lowest BCUT2D eigenvalue weighted by Crippen LogP contribution is -2.39. The number of rotatable bonds is 3. The van der Waals surface area contributed by atoms with E-state index in [0.29, 0.717) is 5.75 Å². The first-order valence-electron chi connectivity index (χ1n) is 9.85. The van der Waals surface area contributed by atoms with Crippen molar-refractivity contribution < 1.29 is 9.66 Å². The summed E-state index contributed by atoms with van der Waals surface area (Å²) in [4.78, 5) is 11.4. The van der Waals surface area contributed by atoms with Crippen LogP contribution in [0.4, 0.5) is 5.69 Å². The van der Waals surface area contributed by atoms with E-state index in [1.165, 1.54) is 17.2 Å². The standard InChI is InChI=1S/C25H19NO3S/c1-2-20-14-18-10-6-7-11-24(18)30-25(20)22(17-8-4-3-5-9-17)16-19-15-21(26(27)28)12-13-23(19)29-25/h3-16H,2H2,1H3. The van der Waals surface area contributed by atoms with Crippen molar-refractivity contribution in [3.05, 3.63) is 105 Å². The summed E-state index contributed by atoms with van der Waals surface area (Å²) in [7, 11) is 0. The van der Waals surface area contributed by atoms with E-state index in [1.807, 2.05) is 36.4 Å². The van der Waals surface area contributed by atoms with Crippen LogP contribution in [0.1, 0.15) is 30.0 Å². The van der Waals surface area contributed by atoms with Crippen LogP contribution in [0.5, 0.6) is 5.75 Å². The van der Waals surface area contributed by atoms with Crippen molar-refractivity contribution in [1.29, 1.82) is 0 Å². The van der Waals surface area contributed by atoms with E-state index in [1.54, 1.807) is 23.9 Å². The second kappa shape index (κ2) is 7.18. The van der Waals surface area contributed by atoms with Crippen LogP contribution < -0.4 is 4.74 Å². The van der Waals surface area contributed by atoms with Crippen molar-refractivity contribution in [2.45, 2.75) is 23.2 Å². The molecular formula is C25H19NO3S. The fourth-order valence-corrected chi connectivity index (χ4v) is 5.51. The highest BCUT2D eigenvalue weighted by molar-refractivity contribution is 8.01. The Balaban J connectivity index is 1.76. The van der Waals surface area contributed by atoms with Crippen molar-refractivity contribution in [3.63, 3.8) is 0 Å². The van der Waals surface area contributed by atoms with Crippen LogP contribution in [0.2, 0.25) is 0 Å². The molecule has 1 atom stereocenters. The Morgan fingerprint density at radius 1 is 0.967 bits per heavy atom. The molecule has 1 spiro atoms. The largest absolute Gasteiger partial charge is 0.467 e. The van der Waals surface area contributed by atoms with Gasteiger partial charge in [0.25, 0.3) is 5.69 Å². The Hall–Kier alpha value is -3.31. The molecule has 3 aromatic carbocycles. The fraction of sp³-hybridized carbons (Fsp3) is 0.120. The molecule has 5 rings (SSSR count). The number of non-ortho nitro benzene ring substituents is 1. The van der Waals surface area contributed by atoms with E-state index in [9.17, 15) is 10.1 Å². The summed E-state index contributed by atoms with van der Waals surface area (Å²) in [5.74, 6) is 0.659. The van der Waals surface area contributed by atoms with Crippen molar-refractivity contribution in [2.24, 2.45) is 0 Å². The van der Waals surface area contributed by atoms with Gasteiger partial charge in [-0.2, -0.15) is 0 Å². The van der Waals surface area contributed by atoms with E-state index < -0.39 is 4.93 Å². The van der Waals surface area contributed by atoms with Crippen LogP contribution >= 0.6 is 11.8 Å². The Morgan fingerprint density at radius 2 is 1.73 bits per heavy atom. The SMILES string of the molecule is CCC1=Cc2ccccc2SC12Oc1ccc([N+](=O)[O-])cc1C=C2c1ccccc1. The predicted molar refractivity (Wildman–Crippen MR) is 121 cm³/mol. The minimum Gasteiger partial charge on any atom is -0.467 e. The van der Waals surface area contributed by atoms with E-state index in [-0.39, 0.29) is 10.6 Å². The average molecular weight is 413 g/mol. The first-order chi connectivity index (χ1) is 14.6. The highest BCUT2D eigenvalue weighted by atomic mass is 32.2. The molecule has 0 N–H and O–H groups in total. The normalized spacial score (nSPS) is 19.2. The summed E-state index contributed by atoms with van der Waals surface area (Å²) in [6.45, 7) is 2.14. The third kappa shape index (κ3) is 2.94. The number of nitrogens with zero attached hydrogens (tertiary/aromatic N) is 1. The molecule has 0 radical (unpaired) electrons. The van der Waals surface area contributed by atoms with Crippen molar-refractivity contribution in [3.8, 4) is 5.75 Å². The zero-order chi connectivity index (χ0) is 20.7. The van der Waals surface area contributed by atoms with E-state index >= 15 is 0 Å². The predicted octanol–water partition coefficient (Wildman–Crippen LogP) is 6.82. The number of nitro groups is 1. The summed E-state index contributed by atoms with van der Waals surface area (Å²) in [6.07, 6.45) is 5.10. The first kappa shape index (κ1) is 18.7. The zero-order valence-electron chi connectivity index (χ0n) is 16.4. The van der Waals surface area contributed by atoms with Gasteiger partial charge in [-0.15, -0.1) is 0 Å². The second-order valence-corrected chi connectivity index (χ2v) is 8.50. The number of ether oxygens (including phenoxy) is 1. The van der Waals surface area contributed by atoms with Gasteiger partial charge in [0.1, 0.15) is 5.75 Å². The zero-order valence-corrected chi connectivity index (χ0v) is 17.2. The van der Waals surface area contributed by atoms with Gasteiger partial charge in [-0.3, -0.25) is 10.1 Å². The Kier molecular flexibility index (Phi) is 4.48. The van der Waals surface area contributed by atoms with Gasteiger partial charge in [0.05, 0.1) is 4.92 Å². The fourth-order valence-electron chi connectivity index (χ4n) is 4.05. The molecule has 0 aliphatic carbocycles. The molecule has 4 nitrogen and oxygen atoms in total. The second-order valence-electron chi connectivity index (χ2n) is 7.28. The molecule has 0 fully saturated rings. The quantitative estimate of drug-likeness (QED) is 0.349. The molecule has 148 valence electrons. The van der Waals surface area contributed by atoms with Crippen LogP contribution in [0.25, 0.3) is 17.7 Å². The smallest absolute Gasteiger partial charge is 0.270 e. The molecule has 0 amide bonds. The number of hydrogen-bond donors (Lipinski definition) is 0. The van der Waals surface area contributed by atoms with Gasteiger partial charge >= 0.3 is 0 Å². The average Bonchev–Trinajstić information content (AvgIpc) is 2.78. The molecule has 5 heteroatoms. The molecule has 0 aromatic heterocycles. The summed E-state index contributed by atoms with van der Waals surface area (Å²) >= 11 is 1.70. The molecule has 2 aliphatic heterocycles. The molecule has 30 heavy (non-hydrogen) atoms. The maximum atomic E-state index is 11.3. The lowest BCUT2D eigenvalue weighted by molar-refractivity contribution is -0.384. The number of nitro benzene ring substituents is 1. The van der Waals surface area contributed by atoms with Gasteiger partial charge in [-0.05, 0) is 47.4 Å². The lowest BCUT2D eigenvalue weighted by atomic mass is 9.87. The van der Waals surface area contributed by atoms with Crippen molar-refractivity contribution in [2.75, 3.05) is 0 Å². The Labute approximate surface area is 179 Å². The van der Waals surface area contributed by atoms with Gasteiger partial charge in [0, 0.05) is 28.2 Å². The summed E-state index contributed by atoms with van der Waals surface area (Å²) in [6, 6.07) is 23.2. The third-order valence-corrected chi connectivity index (χ3v) is 6.95. The monoisotopic (exact) mass is 413 g/mol. The minimum absolute atomic E-state index is 0.0601. The van der Waals surface area contributed by atoms with Gasteiger partial charge in [0.15, 0.2) is 0 Å². The topological polar surface area (TPSA) is 52.4 Å². The highest BCUT2D eigenvalue weighted by Gasteiger charge is 2.46. The number of fused-ring (bicyclic) bond motifs is 2. The molecule has 0 bridgehead atoms. The molecular weight excluding hydrogens is 394 g/mol. The molecule has 3 aromatic rings. The van der Waals surface area contributed by atoms with Crippen LogP contribution in [-0.2, 0) is 0 Å². The number of thioether (sulfide) groups is 1. The van der Waals surface area contributed by atoms with Gasteiger partial charge in [0.2, 0.25) is 4.93 Å². The summed E-state index contributed by atoms with van der Waals surface area (Å²) < 4.78 is 6.73. The van der Waals surface area contributed by atoms with Gasteiger partial charge in [-0.1, -0.05) is 67.2 Å². The number of benzene rings is 3. The summed E-state index contributed by atoms with van der Waals surface area (Å²) in [5.41, 5.74) is 5.19. The molecule has 0 saturated carbocycles.